The van der Waals surface area contributed by atoms with Gasteiger partial charge in [0.2, 0.25) is 5.91 Å². The van der Waals surface area contributed by atoms with Gasteiger partial charge in [0.05, 0.1) is 4.92 Å². The fourth-order valence-electron chi connectivity index (χ4n) is 1.97. The maximum Gasteiger partial charge on any atom is 0.288 e. The summed E-state index contributed by atoms with van der Waals surface area (Å²) in [6, 6.07) is 4.16. The Labute approximate surface area is 108 Å². The molecule has 0 bridgehead atoms. The monoisotopic (exact) mass is 270 g/mol. The smallest absolute Gasteiger partial charge is 0.288 e. The van der Waals surface area contributed by atoms with E-state index >= 15 is 0 Å². The lowest BCUT2D eigenvalue weighted by Gasteiger charge is -2.16. The molecule has 1 aromatic carbocycles. The number of carbonyl (C=O) groups excluding carboxylic acids is 1. The van der Waals surface area contributed by atoms with E-state index in [0.717, 1.165) is 0 Å². The Morgan fingerprint density at radius 3 is 2.78 bits per heavy atom. The first-order valence-corrected chi connectivity index (χ1v) is 5.76. The van der Waals surface area contributed by atoms with Crippen molar-refractivity contribution in [3.63, 3.8) is 0 Å². The molecule has 0 aromatic heterocycles. The summed E-state index contributed by atoms with van der Waals surface area (Å²) in [6.45, 7) is 0.354. The molecular formula is C11H11ClN2O4. The minimum atomic E-state index is -0.575. The molecule has 1 amide bonds. The van der Waals surface area contributed by atoms with Gasteiger partial charge in [0.25, 0.3) is 5.69 Å². The van der Waals surface area contributed by atoms with Gasteiger partial charge in [0, 0.05) is 37.2 Å². The summed E-state index contributed by atoms with van der Waals surface area (Å²) < 4.78 is 0. The van der Waals surface area contributed by atoms with Crippen LogP contribution in [0, 0.1) is 16.0 Å². The number of nitro groups is 1. The van der Waals surface area contributed by atoms with E-state index in [-0.39, 0.29) is 35.6 Å². The van der Waals surface area contributed by atoms with Gasteiger partial charge in [-0.2, -0.15) is 0 Å². The number of nitrogens with zero attached hydrogens (tertiary/aromatic N) is 2. The molecule has 1 heterocycles. The first-order chi connectivity index (χ1) is 8.52. The van der Waals surface area contributed by atoms with E-state index in [0.29, 0.717) is 12.2 Å². The van der Waals surface area contributed by atoms with Crippen LogP contribution in [0.4, 0.5) is 11.4 Å². The molecule has 0 spiro atoms. The second kappa shape index (κ2) is 4.91. The van der Waals surface area contributed by atoms with Gasteiger partial charge in [0.1, 0.15) is 5.02 Å². The van der Waals surface area contributed by atoms with Gasteiger partial charge in [-0.25, -0.2) is 0 Å². The molecule has 1 N–H and O–H groups in total. The van der Waals surface area contributed by atoms with Crippen LogP contribution in [-0.2, 0) is 4.79 Å². The average Bonchev–Trinajstić information content (AvgIpc) is 2.70. The van der Waals surface area contributed by atoms with E-state index in [1.807, 2.05) is 0 Å². The van der Waals surface area contributed by atoms with Crippen LogP contribution in [0.25, 0.3) is 0 Å². The lowest BCUT2D eigenvalue weighted by molar-refractivity contribution is -0.384. The molecule has 1 aliphatic rings. The van der Waals surface area contributed by atoms with Crippen molar-refractivity contribution in [3.8, 4) is 0 Å². The standard InChI is InChI=1S/C11H11ClN2O4/c12-9-4-8(1-2-10(9)14(17)18)13-5-7(6-15)3-11(13)16/h1-2,4,7,15H,3,5-6H2. The van der Waals surface area contributed by atoms with Crippen molar-refractivity contribution in [2.75, 3.05) is 18.1 Å². The van der Waals surface area contributed by atoms with Crippen LogP contribution in [0.1, 0.15) is 6.42 Å². The molecule has 0 saturated carbocycles. The van der Waals surface area contributed by atoms with Crippen LogP contribution < -0.4 is 4.90 Å². The third kappa shape index (κ3) is 2.30. The van der Waals surface area contributed by atoms with Crippen LogP contribution in [0.15, 0.2) is 18.2 Å². The van der Waals surface area contributed by atoms with Crippen LogP contribution >= 0.6 is 11.6 Å². The minimum absolute atomic E-state index is 0.00208. The fraction of sp³-hybridized carbons (Fsp3) is 0.364. The zero-order valence-electron chi connectivity index (χ0n) is 9.38. The molecule has 96 valence electrons. The third-order valence-electron chi connectivity index (χ3n) is 2.90. The number of amides is 1. The van der Waals surface area contributed by atoms with Gasteiger partial charge in [-0.15, -0.1) is 0 Å². The molecule has 0 aliphatic carbocycles. The maximum absolute atomic E-state index is 11.7. The van der Waals surface area contributed by atoms with Crippen LogP contribution in [-0.4, -0.2) is 29.1 Å². The lowest BCUT2D eigenvalue weighted by Crippen LogP contribution is -2.24. The van der Waals surface area contributed by atoms with Crippen molar-refractivity contribution >= 4 is 28.9 Å². The minimum Gasteiger partial charge on any atom is -0.396 e. The average molecular weight is 271 g/mol. The first-order valence-electron chi connectivity index (χ1n) is 5.38. The third-order valence-corrected chi connectivity index (χ3v) is 3.21. The topological polar surface area (TPSA) is 83.7 Å². The number of halogens is 1. The molecule has 1 atom stereocenters. The highest BCUT2D eigenvalue weighted by Gasteiger charge is 2.30. The summed E-state index contributed by atoms with van der Waals surface area (Å²) in [5.74, 6) is -0.203. The summed E-state index contributed by atoms with van der Waals surface area (Å²) in [5, 5.41) is 19.6. The van der Waals surface area contributed by atoms with Crippen molar-refractivity contribution in [1.82, 2.24) is 0 Å². The molecule has 0 radical (unpaired) electrons. The van der Waals surface area contributed by atoms with E-state index in [2.05, 4.69) is 0 Å². The summed E-state index contributed by atoms with van der Waals surface area (Å²) in [7, 11) is 0. The van der Waals surface area contributed by atoms with Gasteiger partial charge in [-0.05, 0) is 12.1 Å². The van der Waals surface area contributed by atoms with Crippen molar-refractivity contribution in [2.45, 2.75) is 6.42 Å². The molecule has 7 heteroatoms. The molecule has 1 saturated heterocycles. The SMILES string of the molecule is O=C1CC(CO)CN1c1ccc([N+](=O)[O-])c(Cl)c1. The first kappa shape index (κ1) is 12.8. The molecule has 6 nitrogen and oxygen atoms in total. The van der Waals surface area contributed by atoms with Gasteiger partial charge < -0.3 is 10.0 Å². The number of hydrogen-bond acceptors (Lipinski definition) is 4. The van der Waals surface area contributed by atoms with Crippen LogP contribution in [0.5, 0.6) is 0 Å². The fourth-order valence-corrected chi connectivity index (χ4v) is 2.21. The maximum atomic E-state index is 11.7. The number of aliphatic hydroxyl groups excluding tert-OH is 1. The van der Waals surface area contributed by atoms with Crippen molar-refractivity contribution < 1.29 is 14.8 Å². The molecular weight excluding hydrogens is 260 g/mol. The van der Waals surface area contributed by atoms with E-state index in [9.17, 15) is 14.9 Å². The van der Waals surface area contributed by atoms with Crippen LogP contribution in [0.2, 0.25) is 5.02 Å². The Morgan fingerprint density at radius 2 is 2.28 bits per heavy atom. The normalized spacial score (nSPS) is 19.3. The molecule has 1 aromatic rings. The molecule has 1 unspecified atom stereocenters. The zero-order chi connectivity index (χ0) is 13.3. The van der Waals surface area contributed by atoms with E-state index in [4.69, 9.17) is 16.7 Å². The highest BCUT2D eigenvalue weighted by atomic mass is 35.5. The number of carbonyl (C=O) groups is 1. The van der Waals surface area contributed by atoms with Crippen LogP contribution in [0.3, 0.4) is 0 Å². The van der Waals surface area contributed by atoms with Crippen molar-refractivity contribution in [2.24, 2.45) is 5.92 Å². The Balaban J connectivity index is 2.27. The molecule has 18 heavy (non-hydrogen) atoms. The second-order valence-electron chi connectivity index (χ2n) is 4.15. The Morgan fingerprint density at radius 1 is 1.56 bits per heavy atom. The van der Waals surface area contributed by atoms with Crippen molar-refractivity contribution in [3.05, 3.63) is 33.3 Å². The summed E-state index contributed by atoms with van der Waals surface area (Å²) >= 11 is 5.79. The number of anilines is 1. The van der Waals surface area contributed by atoms with E-state index < -0.39 is 4.92 Å². The highest BCUT2D eigenvalue weighted by molar-refractivity contribution is 6.33. The summed E-state index contributed by atoms with van der Waals surface area (Å²) in [6.07, 6.45) is 0.283. The molecule has 2 rings (SSSR count). The Bertz CT molecular complexity index is 506. The summed E-state index contributed by atoms with van der Waals surface area (Å²) in [5.41, 5.74) is 0.331. The predicted octanol–water partition coefficient (Wildman–Crippen LogP) is 1.59. The number of nitro benzene ring substituents is 1. The predicted molar refractivity (Wildman–Crippen MR) is 65.7 cm³/mol. The second-order valence-corrected chi connectivity index (χ2v) is 4.56. The quantitative estimate of drug-likeness (QED) is 0.668. The van der Waals surface area contributed by atoms with Gasteiger partial charge in [0.15, 0.2) is 0 Å². The molecule has 1 fully saturated rings. The number of benzene rings is 1. The van der Waals surface area contributed by atoms with Gasteiger partial charge in [-0.1, -0.05) is 11.6 Å². The van der Waals surface area contributed by atoms with Gasteiger partial charge in [-0.3, -0.25) is 14.9 Å². The Hall–Kier alpha value is -1.66. The largest absolute Gasteiger partial charge is 0.396 e. The van der Waals surface area contributed by atoms with Gasteiger partial charge >= 0.3 is 0 Å². The van der Waals surface area contributed by atoms with Crippen molar-refractivity contribution in [1.29, 1.82) is 0 Å². The number of rotatable bonds is 3. The number of aliphatic hydroxyl groups is 1. The highest BCUT2D eigenvalue weighted by Crippen LogP contribution is 2.31. The lowest BCUT2D eigenvalue weighted by atomic mass is 10.1. The van der Waals surface area contributed by atoms with E-state index in [1.165, 1.54) is 23.1 Å². The summed E-state index contributed by atoms with van der Waals surface area (Å²) in [4.78, 5) is 23.2. The number of hydrogen-bond donors (Lipinski definition) is 1. The Kier molecular flexibility index (Phi) is 3.49. The zero-order valence-corrected chi connectivity index (χ0v) is 10.1. The van der Waals surface area contributed by atoms with E-state index in [1.54, 1.807) is 0 Å². The molecule has 1 aliphatic heterocycles.